The Morgan fingerprint density at radius 1 is 0.462 bits per heavy atom. The molecule has 0 aliphatic heterocycles. The number of halogens is 8. The van der Waals surface area contributed by atoms with Gasteiger partial charge in [-0.3, -0.25) is 0 Å². The molecule has 1 aromatic carbocycles. The van der Waals surface area contributed by atoms with Crippen molar-refractivity contribution in [3.63, 3.8) is 0 Å². The van der Waals surface area contributed by atoms with Crippen molar-refractivity contribution in [2.45, 2.75) is 62.3 Å². The molecule has 0 radical (unpaired) electrons. The van der Waals surface area contributed by atoms with Crippen molar-refractivity contribution in [1.29, 1.82) is 0 Å². The van der Waals surface area contributed by atoms with Crippen LogP contribution in [0.3, 0.4) is 0 Å². The average Bonchev–Trinajstić information content (AvgIpc) is 3.43. The summed E-state index contributed by atoms with van der Waals surface area (Å²) in [5, 5.41) is 0. The molecule has 0 aromatic heterocycles. The molecule has 4 saturated carbocycles. The quantitative estimate of drug-likeness (QED) is 0.265. The Kier molecular flexibility index (Phi) is 5.08. The molecule has 1 aromatic rings. The Hall–Kier alpha value is 3.06. The Morgan fingerprint density at radius 2 is 0.615 bits per heavy atom. The summed E-state index contributed by atoms with van der Waals surface area (Å²) in [6, 6.07) is 5.05. The molecule has 4 aliphatic rings. The molecule has 0 heterocycles. The highest BCUT2D eigenvalue weighted by atomic mass is 79.9. The molecular formula is C18H14Br8. The third-order valence-electron chi connectivity index (χ3n) is 6.09. The van der Waals surface area contributed by atoms with E-state index in [2.05, 4.69) is 140 Å². The molecule has 0 nitrogen and oxygen atoms in total. The van der Waals surface area contributed by atoms with Crippen LogP contribution in [-0.4, -0.2) is 12.9 Å². The lowest BCUT2D eigenvalue weighted by molar-refractivity contribution is 0.952. The van der Waals surface area contributed by atoms with Crippen LogP contribution in [0.25, 0.3) is 0 Å². The summed E-state index contributed by atoms with van der Waals surface area (Å²) in [7, 11) is 0. The molecule has 0 N–H and O–H groups in total. The van der Waals surface area contributed by atoms with E-state index >= 15 is 0 Å². The highest BCUT2D eigenvalue weighted by Crippen LogP contribution is 2.71. The van der Waals surface area contributed by atoms with E-state index in [-0.39, 0.29) is 12.9 Å². The third kappa shape index (κ3) is 3.64. The van der Waals surface area contributed by atoms with Crippen LogP contribution >= 0.6 is 127 Å². The standard InChI is InChI=1S/C18H14Br8/c19-15(20)3-11(15)7-1-8(12-4-16(12,21)22)10(14-6-18(14,25)26)2-9(7)13-5-17(13,23)24/h1-2,11-14H,3-6H2/t11-,12-,13-,14-/m0/s1. The Bertz CT molecular complexity index is 681. The molecule has 8 heteroatoms. The molecular weight excluding hydrogens is 855 g/mol. The summed E-state index contributed by atoms with van der Waals surface area (Å²) < 4.78 is 0.283. The van der Waals surface area contributed by atoms with Crippen molar-refractivity contribution in [3.05, 3.63) is 34.4 Å². The van der Waals surface area contributed by atoms with E-state index in [1.807, 2.05) is 0 Å². The molecule has 4 aliphatic carbocycles. The molecule has 0 saturated heterocycles. The second-order valence-electron chi connectivity index (χ2n) is 8.18. The third-order valence-corrected chi connectivity index (χ3v) is 13.1. The number of hydrogen-bond acceptors (Lipinski definition) is 0. The fraction of sp³-hybridized carbons (Fsp3) is 0.667. The summed E-state index contributed by atoms with van der Waals surface area (Å²) in [4.78, 5) is 0. The SMILES string of the molecule is BrC1(Br)C[C@H]1c1cc([C@@H]2CC2(Br)Br)c([C@@H]2CC2(Br)Br)cc1[C@@H]1CC1(Br)Br. The number of hydrogen-bond donors (Lipinski definition) is 0. The van der Waals surface area contributed by atoms with Crippen LogP contribution in [0.5, 0.6) is 0 Å². The molecule has 0 spiro atoms. The van der Waals surface area contributed by atoms with Crippen LogP contribution in [0.4, 0.5) is 0 Å². The summed E-state index contributed by atoms with van der Waals surface area (Å²) in [5.74, 6) is 2.16. The van der Waals surface area contributed by atoms with Gasteiger partial charge in [-0.1, -0.05) is 140 Å². The van der Waals surface area contributed by atoms with E-state index in [0.29, 0.717) is 23.7 Å². The second kappa shape index (κ2) is 6.31. The Balaban J connectivity index is 1.64. The predicted octanol–water partition coefficient (Wildman–Crippen LogP) is 9.58. The van der Waals surface area contributed by atoms with Crippen LogP contribution in [0.15, 0.2) is 12.1 Å². The minimum Gasteiger partial charge on any atom is -0.0720 e. The smallest absolute Gasteiger partial charge is 0.0720 e. The van der Waals surface area contributed by atoms with Gasteiger partial charge in [0.2, 0.25) is 0 Å². The van der Waals surface area contributed by atoms with Gasteiger partial charge in [0.05, 0.1) is 12.9 Å². The maximum absolute atomic E-state index is 3.86. The molecule has 26 heavy (non-hydrogen) atoms. The van der Waals surface area contributed by atoms with E-state index in [4.69, 9.17) is 0 Å². The summed E-state index contributed by atoms with van der Waals surface area (Å²) >= 11 is 30.9. The first-order valence-corrected chi connectivity index (χ1v) is 14.9. The van der Waals surface area contributed by atoms with Crippen LogP contribution in [0.1, 0.15) is 71.6 Å². The maximum Gasteiger partial charge on any atom is 0.0881 e. The van der Waals surface area contributed by atoms with Gasteiger partial charge >= 0.3 is 0 Å². The molecule has 5 rings (SSSR count). The van der Waals surface area contributed by atoms with Crippen molar-refractivity contribution < 1.29 is 0 Å². The molecule has 4 atom stereocenters. The van der Waals surface area contributed by atoms with E-state index in [0.717, 1.165) is 25.7 Å². The predicted molar refractivity (Wildman–Crippen MR) is 138 cm³/mol. The Labute approximate surface area is 221 Å². The number of benzene rings is 1. The van der Waals surface area contributed by atoms with Gasteiger partial charge in [-0.2, -0.15) is 0 Å². The molecule has 4 fully saturated rings. The van der Waals surface area contributed by atoms with Gasteiger partial charge < -0.3 is 0 Å². The lowest BCUT2D eigenvalue weighted by Crippen LogP contribution is -2.05. The van der Waals surface area contributed by atoms with Gasteiger partial charge in [-0.05, 0) is 47.9 Å². The second-order valence-corrected chi connectivity index (χ2v) is 23.8. The Morgan fingerprint density at radius 3 is 0.731 bits per heavy atom. The van der Waals surface area contributed by atoms with Crippen LogP contribution in [0, 0.1) is 0 Å². The van der Waals surface area contributed by atoms with E-state index in [1.165, 1.54) is 22.3 Å². The highest BCUT2D eigenvalue weighted by molar-refractivity contribution is 9.26. The number of alkyl halides is 8. The number of rotatable bonds is 4. The zero-order chi connectivity index (χ0) is 18.9. The fourth-order valence-electron chi connectivity index (χ4n) is 4.08. The van der Waals surface area contributed by atoms with E-state index in [1.54, 1.807) is 0 Å². The first-order valence-electron chi connectivity index (χ1n) is 8.52. The van der Waals surface area contributed by atoms with Gasteiger partial charge in [0.25, 0.3) is 0 Å². The summed E-state index contributed by atoms with van der Waals surface area (Å²) in [6.07, 6.45) is 4.58. The maximum atomic E-state index is 3.86. The minimum atomic E-state index is 0.0708. The van der Waals surface area contributed by atoms with Crippen molar-refractivity contribution in [2.24, 2.45) is 0 Å². The van der Waals surface area contributed by atoms with Gasteiger partial charge in [0, 0.05) is 23.7 Å². The van der Waals surface area contributed by atoms with Gasteiger partial charge in [0.15, 0.2) is 0 Å². The molecule has 0 amide bonds. The lowest BCUT2D eigenvalue weighted by atomic mass is 9.89. The monoisotopic (exact) mass is 861 g/mol. The largest absolute Gasteiger partial charge is 0.0881 e. The first-order chi connectivity index (χ1) is 11.8. The van der Waals surface area contributed by atoms with Crippen molar-refractivity contribution in [1.82, 2.24) is 0 Å². The van der Waals surface area contributed by atoms with Gasteiger partial charge in [-0.15, -0.1) is 0 Å². The highest BCUT2D eigenvalue weighted by Gasteiger charge is 2.60. The van der Waals surface area contributed by atoms with E-state index in [9.17, 15) is 0 Å². The summed E-state index contributed by atoms with van der Waals surface area (Å²) in [6.45, 7) is 0. The van der Waals surface area contributed by atoms with E-state index < -0.39 is 0 Å². The summed E-state index contributed by atoms with van der Waals surface area (Å²) in [5.41, 5.74) is 6.06. The zero-order valence-electron chi connectivity index (χ0n) is 13.3. The van der Waals surface area contributed by atoms with Crippen molar-refractivity contribution in [3.8, 4) is 0 Å². The molecule has 0 bridgehead atoms. The van der Waals surface area contributed by atoms with Crippen LogP contribution in [-0.2, 0) is 0 Å². The lowest BCUT2D eigenvalue weighted by Gasteiger charge is -2.19. The minimum absolute atomic E-state index is 0.0708. The van der Waals surface area contributed by atoms with Gasteiger partial charge in [0.1, 0.15) is 0 Å². The van der Waals surface area contributed by atoms with Crippen LogP contribution < -0.4 is 0 Å². The topological polar surface area (TPSA) is 0 Å². The fourth-order valence-corrected chi connectivity index (χ4v) is 8.64. The molecule has 0 unspecified atom stereocenters. The average molecular weight is 870 g/mol. The zero-order valence-corrected chi connectivity index (χ0v) is 26.0. The first kappa shape index (κ1) is 20.9. The van der Waals surface area contributed by atoms with Crippen LogP contribution in [0.2, 0.25) is 0 Å². The van der Waals surface area contributed by atoms with Crippen molar-refractivity contribution >= 4 is 127 Å². The van der Waals surface area contributed by atoms with Crippen molar-refractivity contribution in [2.75, 3.05) is 0 Å². The van der Waals surface area contributed by atoms with Gasteiger partial charge in [-0.25, -0.2) is 0 Å². The normalized spacial score (nSPS) is 39.4. The molecule has 142 valence electrons.